The van der Waals surface area contributed by atoms with Gasteiger partial charge in [0.1, 0.15) is 5.52 Å². The predicted octanol–water partition coefficient (Wildman–Crippen LogP) is 6.11. The van der Waals surface area contributed by atoms with Crippen LogP contribution < -0.4 is 0 Å². The fourth-order valence-electron chi connectivity index (χ4n) is 3.19. The first-order valence-corrected chi connectivity index (χ1v) is 9.02. The lowest BCUT2D eigenvalue weighted by atomic mass is 9.98. The number of alkyl halides is 6. The van der Waals surface area contributed by atoms with Crippen molar-refractivity contribution < 1.29 is 31.4 Å². The maximum Gasteiger partial charge on any atom is 0.434 e. The number of aromatic nitrogens is 3. The van der Waals surface area contributed by atoms with Gasteiger partial charge in [-0.05, 0) is 42.0 Å². The lowest BCUT2D eigenvalue weighted by Crippen LogP contribution is -2.21. The molecule has 11 heteroatoms. The van der Waals surface area contributed by atoms with E-state index < -0.39 is 35.1 Å². The summed E-state index contributed by atoms with van der Waals surface area (Å²) in [6.45, 7) is 0. The highest BCUT2D eigenvalue weighted by atomic mass is 35.5. The van der Waals surface area contributed by atoms with E-state index in [-0.39, 0.29) is 27.8 Å². The van der Waals surface area contributed by atoms with E-state index in [1.54, 1.807) is 0 Å². The number of rotatable bonds is 2. The second-order valence-corrected chi connectivity index (χ2v) is 7.04. The molecule has 0 amide bonds. The van der Waals surface area contributed by atoms with E-state index in [4.69, 9.17) is 11.6 Å². The van der Waals surface area contributed by atoms with E-state index in [2.05, 4.69) is 15.0 Å². The van der Waals surface area contributed by atoms with Crippen molar-refractivity contribution >= 4 is 33.4 Å². The molecule has 0 aliphatic rings. The SMILES string of the molecule is OC(c1cc2c(C(F)(F)F)nc(-c3ccc(Cl)cc3)nc2c2ncccc12)C(F)(F)F. The van der Waals surface area contributed by atoms with Crippen molar-refractivity contribution in [3.8, 4) is 11.4 Å². The highest BCUT2D eigenvalue weighted by Gasteiger charge is 2.42. The standard InChI is InChI=1S/C20H10ClF6N3O/c21-10-5-3-9(4-6-10)18-29-15-13(16(30-18)19(22,23)24)8-12(17(31)20(25,26)27)11-2-1-7-28-14(11)15/h1-8,17,31H. The molecule has 1 unspecified atom stereocenters. The van der Waals surface area contributed by atoms with E-state index in [1.165, 1.54) is 42.6 Å². The lowest BCUT2D eigenvalue weighted by Gasteiger charge is -2.19. The zero-order valence-electron chi connectivity index (χ0n) is 15.1. The molecule has 0 radical (unpaired) electrons. The fourth-order valence-corrected chi connectivity index (χ4v) is 3.32. The molecule has 4 rings (SSSR count). The van der Waals surface area contributed by atoms with Crippen LogP contribution in [0.4, 0.5) is 26.3 Å². The van der Waals surface area contributed by atoms with E-state index >= 15 is 0 Å². The van der Waals surface area contributed by atoms with E-state index in [0.717, 1.165) is 0 Å². The molecule has 31 heavy (non-hydrogen) atoms. The molecule has 0 aliphatic carbocycles. The van der Waals surface area contributed by atoms with Crippen molar-refractivity contribution in [3.63, 3.8) is 0 Å². The monoisotopic (exact) mass is 457 g/mol. The number of hydrogen-bond donors (Lipinski definition) is 1. The molecule has 160 valence electrons. The van der Waals surface area contributed by atoms with Gasteiger partial charge >= 0.3 is 12.4 Å². The molecular weight excluding hydrogens is 448 g/mol. The van der Waals surface area contributed by atoms with Gasteiger partial charge < -0.3 is 5.11 Å². The molecule has 1 atom stereocenters. The van der Waals surface area contributed by atoms with Crippen molar-refractivity contribution in [2.45, 2.75) is 18.5 Å². The first-order chi connectivity index (χ1) is 14.5. The third-order valence-electron chi connectivity index (χ3n) is 4.56. The van der Waals surface area contributed by atoms with Gasteiger partial charge in [0.15, 0.2) is 17.6 Å². The second-order valence-electron chi connectivity index (χ2n) is 6.61. The Morgan fingerprint density at radius 2 is 1.55 bits per heavy atom. The predicted molar refractivity (Wildman–Crippen MR) is 101 cm³/mol. The molecule has 4 aromatic rings. The zero-order valence-corrected chi connectivity index (χ0v) is 15.9. The molecule has 0 saturated heterocycles. The number of aliphatic hydroxyl groups excluding tert-OH is 1. The Bertz CT molecular complexity index is 1290. The molecule has 0 fully saturated rings. The van der Waals surface area contributed by atoms with Gasteiger partial charge in [-0.1, -0.05) is 17.7 Å². The number of pyridine rings is 1. The Hall–Kier alpha value is -2.98. The summed E-state index contributed by atoms with van der Waals surface area (Å²) in [5.74, 6) is -0.299. The van der Waals surface area contributed by atoms with Gasteiger partial charge in [0.25, 0.3) is 0 Å². The van der Waals surface area contributed by atoms with Gasteiger partial charge in [0.05, 0.1) is 5.52 Å². The van der Waals surface area contributed by atoms with Crippen molar-refractivity contribution in [2.24, 2.45) is 0 Å². The molecule has 0 saturated carbocycles. The van der Waals surface area contributed by atoms with E-state index in [1.807, 2.05) is 0 Å². The largest absolute Gasteiger partial charge is 0.434 e. The van der Waals surface area contributed by atoms with E-state index in [9.17, 15) is 31.4 Å². The third-order valence-corrected chi connectivity index (χ3v) is 4.82. The molecule has 0 bridgehead atoms. The van der Waals surface area contributed by atoms with Crippen LogP contribution in [0.3, 0.4) is 0 Å². The quantitative estimate of drug-likeness (QED) is 0.291. The Labute approximate surface area is 175 Å². The summed E-state index contributed by atoms with van der Waals surface area (Å²) in [7, 11) is 0. The Balaban J connectivity index is 2.13. The summed E-state index contributed by atoms with van der Waals surface area (Å²) in [5.41, 5.74) is -2.50. The highest BCUT2D eigenvalue weighted by molar-refractivity contribution is 6.30. The smallest absolute Gasteiger partial charge is 0.379 e. The number of aliphatic hydroxyl groups is 1. The first kappa shape index (κ1) is 21.3. The van der Waals surface area contributed by atoms with Crippen LogP contribution in [0.5, 0.6) is 0 Å². The molecule has 4 nitrogen and oxygen atoms in total. The summed E-state index contributed by atoms with van der Waals surface area (Å²) in [4.78, 5) is 11.7. The minimum Gasteiger partial charge on any atom is -0.379 e. The molecule has 2 aromatic carbocycles. The van der Waals surface area contributed by atoms with Crippen molar-refractivity contribution in [1.82, 2.24) is 15.0 Å². The molecule has 1 N–H and O–H groups in total. The average Bonchev–Trinajstić information content (AvgIpc) is 2.71. The summed E-state index contributed by atoms with van der Waals surface area (Å²) in [6.07, 6.45) is -11.9. The molecular formula is C20H10ClF6N3O. The normalized spacial score (nSPS) is 13.7. The Morgan fingerprint density at radius 1 is 0.871 bits per heavy atom. The van der Waals surface area contributed by atoms with Crippen molar-refractivity contribution in [1.29, 1.82) is 0 Å². The average molecular weight is 458 g/mol. The highest BCUT2D eigenvalue weighted by Crippen LogP contribution is 2.41. The third kappa shape index (κ3) is 3.88. The second kappa shape index (κ2) is 7.31. The van der Waals surface area contributed by atoms with Crippen molar-refractivity contribution in [3.05, 3.63) is 64.9 Å². The molecule has 2 heterocycles. The molecule has 0 spiro atoms. The van der Waals surface area contributed by atoms with Gasteiger partial charge in [0.2, 0.25) is 0 Å². The summed E-state index contributed by atoms with van der Waals surface area (Å²) < 4.78 is 81.0. The van der Waals surface area contributed by atoms with Crippen LogP contribution in [0.2, 0.25) is 5.02 Å². The Kier molecular flexibility index (Phi) is 5.01. The van der Waals surface area contributed by atoms with Gasteiger partial charge in [-0.3, -0.25) is 4.98 Å². The minimum atomic E-state index is -5.10. The van der Waals surface area contributed by atoms with Gasteiger partial charge in [-0.2, -0.15) is 26.3 Å². The lowest BCUT2D eigenvalue weighted by molar-refractivity contribution is -0.206. The number of benzene rings is 2. The van der Waals surface area contributed by atoms with Gasteiger partial charge in [0, 0.05) is 27.6 Å². The Morgan fingerprint density at radius 3 is 2.16 bits per heavy atom. The maximum absolute atomic E-state index is 13.8. The van der Waals surface area contributed by atoms with Crippen LogP contribution in [-0.2, 0) is 6.18 Å². The van der Waals surface area contributed by atoms with Crippen LogP contribution in [0.15, 0.2) is 48.7 Å². The summed E-state index contributed by atoms with van der Waals surface area (Å²) >= 11 is 5.81. The van der Waals surface area contributed by atoms with Crippen LogP contribution in [0.1, 0.15) is 17.4 Å². The van der Waals surface area contributed by atoms with Crippen LogP contribution in [0.25, 0.3) is 33.2 Å². The fraction of sp³-hybridized carbons (Fsp3) is 0.150. The van der Waals surface area contributed by atoms with Crippen LogP contribution in [-0.4, -0.2) is 26.2 Å². The summed E-state index contributed by atoms with van der Waals surface area (Å²) in [6, 6.07) is 8.87. The topological polar surface area (TPSA) is 58.9 Å². The van der Waals surface area contributed by atoms with E-state index in [0.29, 0.717) is 11.1 Å². The van der Waals surface area contributed by atoms with Crippen molar-refractivity contribution in [2.75, 3.05) is 0 Å². The number of hydrogen-bond acceptors (Lipinski definition) is 4. The maximum atomic E-state index is 13.8. The zero-order chi connectivity index (χ0) is 22.6. The molecule has 0 aliphatic heterocycles. The van der Waals surface area contributed by atoms with Crippen LogP contribution >= 0.6 is 11.6 Å². The number of halogens is 7. The van der Waals surface area contributed by atoms with Gasteiger partial charge in [-0.25, -0.2) is 9.97 Å². The first-order valence-electron chi connectivity index (χ1n) is 8.64. The number of fused-ring (bicyclic) bond motifs is 3. The number of nitrogens with zero attached hydrogens (tertiary/aromatic N) is 3. The summed E-state index contributed by atoms with van der Waals surface area (Å²) in [5, 5.41) is 9.25. The molecule has 2 aromatic heterocycles. The van der Waals surface area contributed by atoms with Gasteiger partial charge in [-0.15, -0.1) is 0 Å². The minimum absolute atomic E-state index is 0.172. The van der Waals surface area contributed by atoms with Crippen LogP contribution in [0, 0.1) is 0 Å².